The van der Waals surface area contributed by atoms with E-state index in [1.165, 1.54) is 4.31 Å². The number of aryl methyl sites for hydroxylation is 1. The second-order valence-corrected chi connectivity index (χ2v) is 12.0. The van der Waals surface area contributed by atoms with Crippen molar-refractivity contribution >= 4 is 60.8 Å². The Labute approximate surface area is 242 Å². The summed E-state index contributed by atoms with van der Waals surface area (Å²) in [6.07, 6.45) is 0. The van der Waals surface area contributed by atoms with Crippen molar-refractivity contribution in [2.75, 3.05) is 9.62 Å². The van der Waals surface area contributed by atoms with Crippen LogP contribution < -0.4 is 9.62 Å². The maximum absolute atomic E-state index is 14.0. The van der Waals surface area contributed by atoms with Gasteiger partial charge in [0.1, 0.15) is 11.2 Å². The lowest BCUT2D eigenvalue weighted by molar-refractivity contribution is 0.102. The van der Waals surface area contributed by atoms with Gasteiger partial charge in [-0.3, -0.25) is 9.10 Å². The number of hydrogen-bond acceptors (Lipinski definition) is 4. The SMILES string of the molecule is Cc1ccc(S(=O)(=O)N(Cc2ccc(Cl)cc2)c2ccccc2C(=O)Nc2ccc3c(c2)oc2ccccc23)cc1. The maximum Gasteiger partial charge on any atom is 0.264 e. The van der Waals surface area contributed by atoms with Gasteiger partial charge >= 0.3 is 0 Å². The summed E-state index contributed by atoms with van der Waals surface area (Å²) in [6, 6.07) is 33.5. The number of fused-ring (bicyclic) bond motifs is 3. The van der Waals surface area contributed by atoms with E-state index in [-0.39, 0.29) is 22.7 Å². The van der Waals surface area contributed by atoms with Gasteiger partial charge in [0, 0.05) is 27.5 Å². The molecule has 1 amide bonds. The van der Waals surface area contributed by atoms with Crippen molar-refractivity contribution in [3.8, 4) is 0 Å². The van der Waals surface area contributed by atoms with E-state index < -0.39 is 15.9 Å². The minimum atomic E-state index is -4.05. The van der Waals surface area contributed by atoms with Crippen LogP contribution in [0.3, 0.4) is 0 Å². The second kappa shape index (κ2) is 10.8. The Morgan fingerprint density at radius 1 is 0.805 bits per heavy atom. The van der Waals surface area contributed by atoms with Crippen molar-refractivity contribution in [2.45, 2.75) is 18.4 Å². The zero-order valence-electron chi connectivity index (χ0n) is 22.0. The number of sulfonamides is 1. The fraction of sp³-hybridized carbons (Fsp3) is 0.0606. The Hall–Kier alpha value is -4.59. The van der Waals surface area contributed by atoms with Crippen LogP contribution in [0.4, 0.5) is 11.4 Å². The zero-order valence-corrected chi connectivity index (χ0v) is 23.6. The highest BCUT2D eigenvalue weighted by atomic mass is 35.5. The van der Waals surface area contributed by atoms with Gasteiger partial charge in [-0.1, -0.05) is 71.8 Å². The van der Waals surface area contributed by atoms with Gasteiger partial charge in [0.15, 0.2) is 0 Å². The maximum atomic E-state index is 14.0. The molecule has 0 fully saturated rings. The normalized spacial score (nSPS) is 11.6. The van der Waals surface area contributed by atoms with E-state index in [1.54, 1.807) is 84.9 Å². The van der Waals surface area contributed by atoms with Crippen LogP contribution in [0.2, 0.25) is 5.02 Å². The average Bonchev–Trinajstić information content (AvgIpc) is 3.35. The molecule has 0 saturated carbocycles. The number of anilines is 2. The second-order valence-electron chi connectivity index (χ2n) is 9.73. The van der Waals surface area contributed by atoms with Gasteiger partial charge in [-0.25, -0.2) is 8.42 Å². The van der Waals surface area contributed by atoms with Gasteiger partial charge < -0.3 is 9.73 Å². The van der Waals surface area contributed by atoms with E-state index in [9.17, 15) is 13.2 Å². The molecular weight excluding hydrogens is 556 g/mol. The van der Waals surface area contributed by atoms with E-state index in [0.717, 1.165) is 27.5 Å². The van der Waals surface area contributed by atoms with E-state index in [0.29, 0.717) is 16.3 Å². The van der Waals surface area contributed by atoms with Gasteiger partial charge in [-0.05, 0) is 67.1 Å². The number of para-hydroxylation sites is 2. The zero-order chi connectivity index (χ0) is 28.6. The van der Waals surface area contributed by atoms with Gasteiger partial charge in [-0.15, -0.1) is 0 Å². The molecule has 1 N–H and O–H groups in total. The summed E-state index contributed by atoms with van der Waals surface area (Å²) >= 11 is 6.08. The van der Waals surface area contributed by atoms with Gasteiger partial charge in [-0.2, -0.15) is 0 Å². The third-order valence-electron chi connectivity index (χ3n) is 6.90. The Bertz CT molecular complexity index is 2000. The highest BCUT2D eigenvalue weighted by Gasteiger charge is 2.29. The number of nitrogens with zero attached hydrogens (tertiary/aromatic N) is 1. The topological polar surface area (TPSA) is 79.6 Å². The molecule has 6 rings (SSSR count). The molecule has 0 aliphatic carbocycles. The number of hydrogen-bond donors (Lipinski definition) is 1. The summed E-state index contributed by atoms with van der Waals surface area (Å²) in [4.78, 5) is 13.8. The van der Waals surface area contributed by atoms with Crippen molar-refractivity contribution in [1.82, 2.24) is 0 Å². The summed E-state index contributed by atoms with van der Waals surface area (Å²) < 4.78 is 35.3. The van der Waals surface area contributed by atoms with Gasteiger partial charge in [0.05, 0.1) is 22.7 Å². The van der Waals surface area contributed by atoms with E-state index in [2.05, 4.69) is 5.32 Å². The predicted octanol–water partition coefficient (Wildman–Crippen LogP) is 8.20. The minimum Gasteiger partial charge on any atom is -0.456 e. The van der Waals surface area contributed by atoms with Crippen LogP contribution >= 0.6 is 11.6 Å². The molecule has 5 aromatic carbocycles. The van der Waals surface area contributed by atoms with Crippen LogP contribution in [0.15, 0.2) is 125 Å². The quantitative estimate of drug-likeness (QED) is 0.206. The molecule has 0 bridgehead atoms. The van der Waals surface area contributed by atoms with Gasteiger partial charge in [0.2, 0.25) is 0 Å². The van der Waals surface area contributed by atoms with Crippen LogP contribution in [0.1, 0.15) is 21.5 Å². The van der Waals surface area contributed by atoms with Crippen LogP contribution in [0.5, 0.6) is 0 Å². The Balaban J connectivity index is 1.39. The molecule has 1 aromatic heterocycles. The summed E-state index contributed by atoms with van der Waals surface area (Å²) in [5.74, 6) is -0.448. The van der Waals surface area contributed by atoms with Crippen LogP contribution in [0.25, 0.3) is 21.9 Å². The highest BCUT2D eigenvalue weighted by molar-refractivity contribution is 7.92. The molecule has 6 nitrogen and oxygen atoms in total. The third-order valence-corrected chi connectivity index (χ3v) is 8.93. The standard InChI is InChI=1S/C33H25ClN2O4S/c1-22-10-17-26(18-11-22)41(38,39)36(21-23-12-14-24(34)15-13-23)30-8-4-2-7-29(30)33(37)35-25-16-19-28-27-6-3-5-9-31(27)40-32(28)20-25/h2-20H,21H2,1H3,(H,35,37). The number of furan rings is 1. The van der Waals surface area contributed by atoms with Crippen molar-refractivity contribution in [2.24, 2.45) is 0 Å². The molecular formula is C33H25ClN2O4S. The molecule has 0 radical (unpaired) electrons. The lowest BCUT2D eigenvalue weighted by Crippen LogP contribution is -2.32. The van der Waals surface area contributed by atoms with E-state index >= 15 is 0 Å². The first kappa shape index (κ1) is 26.6. The molecule has 8 heteroatoms. The van der Waals surface area contributed by atoms with Crippen LogP contribution in [-0.2, 0) is 16.6 Å². The highest BCUT2D eigenvalue weighted by Crippen LogP contribution is 2.32. The monoisotopic (exact) mass is 580 g/mol. The largest absolute Gasteiger partial charge is 0.456 e. The van der Waals surface area contributed by atoms with Crippen molar-refractivity contribution in [3.05, 3.63) is 137 Å². The number of benzene rings is 5. The minimum absolute atomic E-state index is 0.00259. The molecule has 1 heterocycles. The first-order chi connectivity index (χ1) is 19.8. The fourth-order valence-corrected chi connectivity index (χ4v) is 6.38. The molecule has 6 aromatic rings. The first-order valence-electron chi connectivity index (χ1n) is 13.0. The van der Waals surface area contributed by atoms with E-state index in [4.69, 9.17) is 16.0 Å². The molecule has 0 atom stereocenters. The molecule has 41 heavy (non-hydrogen) atoms. The Morgan fingerprint density at radius 2 is 1.49 bits per heavy atom. The Kier molecular flexibility index (Phi) is 6.99. The van der Waals surface area contributed by atoms with Crippen molar-refractivity contribution in [1.29, 1.82) is 0 Å². The van der Waals surface area contributed by atoms with E-state index in [1.807, 2.05) is 37.3 Å². The number of nitrogens with one attached hydrogen (secondary N) is 1. The third kappa shape index (κ3) is 5.29. The first-order valence-corrected chi connectivity index (χ1v) is 14.8. The lowest BCUT2D eigenvalue weighted by Gasteiger charge is -2.27. The number of carbonyl (C=O) groups is 1. The smallest absolute Gasteiger partial charge is 0.264 e. The summed E-state index contributed by atoms with van der Waals surface area (Å²) in [7, 11) is -4.05. The predicted molar refractivity (Wildman–Crippen MR) is 164 cm³/mol. The van der Waals surface area contributed by atoms with Crippen molar-refractivity contribution < 1.29 is 17.6 Å². The molecule has 0 aliphatic rings. The summed E-state index contributed by atoms with van der Waals surface area (Å²) in [5, 5.41) is 5.40. The van der Waals surface area contributed by atoms with Gasteiger partial charge in [0.25, 0.3) is 15.9 Å². The van der Waals surface area contributed by atoms with Crippen LogP contribution in [-0.4, -0.2) is 14.3 Å². The Morgan fingerprint density at radius 3 is 2.27 bits per heavy atom. The number of rotatable bonds is 7. The number of carbonyl (C=O) groups excluding carboxylic acids is 1. The molecule has 204 valence electrons. The molecule has 0 aliphatic heterocycles. The molecule has 0 saturated heterocycles. The number of halogens is 1. The summed E-state index contributed by atoms with van der Waals surface area (Å²) in [5.41, 5.74) is 4.05. The molecule has 0 unspecified atom stereocenters. The fourth-order valence-electron chi connectivity index (χ4n) is 4.78. The van der Waals surface area contributed by atoms with Crippen molar-refractivity contribution in [3.63, 3.8) is 0 Å². The number of amides is 1. The average molecular weight is 581 g/mol. The molecule has 0 spiro atoms. The van der Waals surface area contributed by atoms with Crippen LogP contribution in [0, 0.1) is 6.92 Å². The lowest BCUT2D eigenvalue weighted by atomic mass is 10.1. The summed E-state index contributed by atoms with van der Waals surface area (Å²) in [6.45, 7) is 1.90.